The van der Waals surface area contributed by atoms with Gasteiger partial charge in [0.05, 0.1) is 5.56 Å². The number of ether oxygens (including phenoxy) is 1. The minimum atomic E-state index is -0.976. The van der Waals surface area contributed by atoms with E-state index in [0.717, 1.165) is 0 Å². The summed E-state index contributed by atoms with van der Waals surface area (Å²) >= 11 is 0. The van der Waals surface area contributed by atoms with Crippen LogP contribution in [0.15, 0.2) is 48.8 Å². The number of pyridine rings is 1. The average molecular weight is 288 g/mol. The number of carbonyl (C=O) groups is 2. The van der Waals surface area contributed by atoms with Crippen LogP contribution >= 0.6 is 0 Å². The van der Waals surface area contributed by atoms with Gasteiger partial charge in [0.15, 0.2) is 6.10 Å². The second-order valence-corrected chi connectivity index (χ2v) is 4.28. The number of hydrogen-bond acceptors (Lipinski definition) is 4. The molecule has 0 unspecified atom stereocenters. The number of aromatic nitrogens is 1. The highest BCUT2D eigenvalue weighted by Gasteiger charge is 2.18. The van der Waals surface area contributed by atoms with Gasteiger partial charge in [-0.15, -0.1) is 0 Å². The number of nitrogens with one attached hydrogen (secondary N) is 1. The first-order chi connectivity index (χ1) is 10.1. The van der Waals surface area contributed by atoms with Crippen molar-refractivity contribution in [3.05, 3.63) is 60.2 Å². The van der Waals surface area contributed by atoms with E-state index >= 15 is 0 Å². The van der Waals surface area contributed by atoms with Gasteiger partial charge in [0, 0.05) is 18.1 Å². The van der Waals surface area contributed by atoms with Crippen LogP contribution in [0.3, 0.4) is 0 Å². The maximum Gasteiger partial charge on any atom is 0.339 e. The number of halogens is 1. The molecule has 1 aromatic heterocycles. The van der Waals surface area contributed by atoms with Crippen LogP contribution < -0.4 is 5.32 Å². The van der Waals surface area contributed by atoms with E-state index < -0.39 is 23.8 Å². The third kappa shape index (κ3) is 4.10. The van der Waals surface area contributed by atoms with Gasteiger partial charge in [-0.3, -0.25) is 9.78 Å². The van der Waals surface area contributed by atoms with Crippen molar-refractivity contribution in [1.29, 1.82) is 0 Å². The number of amides is 1. The normalized spacial score (nSPS) is 11.5. The van der Waals surface area contributed by atoms with Gasteiger partial charge in [0.1, 0.15) is 5.82 Å². The molecule has 0 fully saturated rings. The first kappa shape index (κ1) is 14.6. The lowest BCUT2D eigenvalue weighted by molar-refractivity contribution is -0.123. The Hall–Kier alpha value is -2.76. The van der Waals surface area contributed by atoms with Gasteiger partial charge >= 0.3 is 5.97 Å². The fourth-order valence-electron chi connectivity index (χ4n) is 1.55. The van der Waals surface area contributed by atoms with Gasteiger partial charge in [-0.25, -0.2) is 9.18 Å². The van der Waals surface area contributed by atoms with Crippen LogP contribution in [0.25, 0.3) is 0 Å². The van der Waals surface area contributed by atoms with E-state index in [2.05, 4.69) is 10.3 Å². The first-order valence-corrected chi connectivity index (χ1v) is 6.23. The predicted octanol–water partition coefficient (Wildman–Crippen LogP) is 2.40. The molecule has 0 saturated carbocycles. The lowest BCUT2D eigenvalue weighted by atomic mass is 10.2. The molecule has 5 nitrogen and oxygen atoms in total. The predicted molar refractivity (Wildman–Crippen MR) is 74.1 cm³/mol. The Bertz CT molecular complexity index is 629. The largest absolute Gasteiger partial charge is 0.449 e. The molecule has 0 aliphatic carbocycles. The molecule has 1 heterocycles. The number of hydrogen-bond donors (Lipinski definition) is 1. The van der Waals surface area contributed by atoms with Gasteiger partial charge in [-0.2, -0.15) is 0 Å². The summed E-state index contributed by atoms with van der Waals surface area (Å²) in [7, 11) is 0. The highest BCUT2D eigenvalue weighted by Crippen LogP contribution is 2.10. The van der Waals surface area contributed by atoms with E-state index in [4.69, 9.17) is 4.74 Å². The molecule has 0 spiro atoms. The minimum absolute atomic E-state index is 0.312. The van der Waals surface area contributed by atoms with Crippen molar-refractivity contribution in [3.8, 4) is 0 Å². The standard InChI is InChI=1S/C15H13FN2O3/c1-10(21-15(20)11-6-8-17-9-7-11)14(19)18-13-4-2-12(16)3-5-13/h2-10H,1H3,(H,18,19)/t10-/m1/s1. The summed E-state index contributed by atoms with van der Waals surface area (Å²) in [4.78, 5) is 27.4. The van der Waals surface area contributed by atoms with E-state index in [0.29, 0.717) is 11.3 Å². The summed E-state index contributed by atoms with van der Waals surface area (Å²) in [5, 5.41) is 2.53. The van der Waals surface area contributed by atoms with Gasteiger partial charge < -0.3 is 10.1 Å². The smallest absolute Gasteiger partial charge is 0.339 e. The number of anilines is 1. The fourth-order valence-corrected chi connectivity index (χ4v) is 1.55. The van der Waals surface area contributed by atoms with Crippen LogP contribution in [-0.4, -0.2) is 23.0 Å². The van der Waals surface area contributed by atoms with Crippen LogP contribution in [0.1, 0.15) is 17.3 Å². The highest BCUT2D eigenvalue weighted by atomic mass is 19.1. The number of nitrogens with zero attached hydrogens (tertiary/aromatic N) is 1. The van der Waals surface area contributed by atoms with Gasteiger partial charge in [-0.1, -0.05) is 0 Å². The van der Waals surface area contributed by atoms with Gasteiger partial charge in [0.25, 0.3) is 5.91 Å². The van der Waals surface area contributed by atoms with Crippen LogP contribution in [0.2, 0.25) is 0 Å². The Kier molecular flexibility index (Phi) is 4.61. The van der Waals surface area contributed by atoms with E-state index in [1.807, 2.05) is 0 Å². The molecular formula is C15H13FN2O3. The monoisotopic (exact) mass is 288 g/mol. The summed E-state index contributed by atoms with van der Waals surface area (Å²) in [6.45, 7) is 1.46. The quantitative estimate of drug-likeness (QED) is 0.877. The maximum atomic E-state index is 12.8. The summed E-state index contributed by atoms with van der Waals surface area (Å²) in [5.74, 6) is -1.51. The van der Waals surface area contributed by atoms with Crippen molar-refractivity contribution < 1.29 is 18.7 Å². The molecule has 1 aromatic carbocycles. The van der Waals surface area contributed by atoms with Crippen molar-refractivity contribution in [3.63, 3.8) is 0 Å². The number of carbonyl (C=O) groups excluding carboxylic acids is 2. The SMILES string of the molecule is C[C@@H](OC(=O)c1ccncc1)C(=O)Nc1ccc(F)cc1. The number of esters is 1. The molecule has 1 amide bonds. The summed E-state index contributed by atoms with van der Waals surface area (Å²) in [6, 6.07) is 8.28. The average Bonchev–Trinajstić information content (AvgIpc) is 2.50. The molecule has 2 rings (SSSR count). The van der Waals surface area contributed by atoms with Crippen LogP contribution in [0, 0.1) is 5.82 Å². The Labute approximate surface area is 120 Å². The third-order valence-corrected chi connectivity index (χ3v) is 2.68. The molecule has 0 aliphatic rings. The van der Waals surface area contributed by atoms with E-state index in [9.17, 15) is 14.0 Å². The van der Waals surface area contributed by atoms with E-state index in [1.54, 1.807) is 0 Å². The van der Waals surface area contributed by atoms with Crippen LogP contribution in [0.5, 0.6) is 0 Å². The summed E-state index contributed by atoms with van der Waals surface area (Å²) < 4.78 is 17.8. The molecule has 6 heteroatoms. The number of rotatable bonds is 4. The van der Waals surface area contributed by atoms with Crippen molar-refractivity contribution in [2.24, 2.45) is 0 Å². The fraction of sp³-hybridized carbons (Fsp3) is 0.133. The maximum absolute atomic E-state index is 12.8. The highest BCUT2D eigenvalue weighted by molar-refractivity contribution is 5.97. The molecule has 2 aromatic rings. The molecule has 1 atom stereocenters. The molecule has 21 heavy (non-hydrogen) atoms. The van der Waals surface area contributed by atoms with E-state index in [1.165, 1.54) is 55.7 Å². The van der Waals surface area contributed by atoms with Gasteiger partial charge in [-0.05, 0) is 43.3 Å². The van der Waals surface area contributed by atoms with Crippen molar-refractivity contribution >= 4 is 17.6 Å². The summed E-state index contributed by atoms with van der Waals surface area (Å²) in [6.07, 6.45) is 1.94. The Morgan fingerprint density at radius 2 is 1.76 bits per heavy atom. The lowest BCUT2D eigenvalue weighted by Crippen LogP contribution is -2.30. The molecule has 0 bridgehead atoms. The first-order valence-electron chi connectivity index (χ1n) is 6.23. The Balaban J connectivity index is 1.93. The number of benzene rings is 1. The zero-order valence-corrected chi connectivity index (χ0v) is 11.2. The van der Waals surface area contributed by atoms with Gasteiger partial charge in [0.2, 0.25) is 0 Å². The van der Waals surface area contributed by atoms with Crippen molar-refractivity contribution in [2.75, 3.05) is 5.32 Å². The molecule has 0 aliphatic heterocycles. The zero-order valence-electron chi connectivity index (χ0n) is 11.2. The molecule has 0 saturated heterocycles. The molecule has 1 N–H and O–H groups in total. The second kappa shape index (κ2) is 6.60. The molecular weight excluding hydrogens is 275 g/mol. The van der Waals surface area contributed by atoms with E-state index in [-0.39, 0.29) is 0 Å². The molecule has 108 valence electrons. The second-order valence-electron chi connectivity index (χ2n) is 4.28. The minimum Gasteiger partial charge on any atom is -0.449 e. The molecule has 0 radical (unpaired) electrons. The van der Waals surface area contributed by atoms with Crippen LogP contribution in [0.4, 0.5) is 10.1 Å². The third-order valence-electron chi connectivity index (χ3n) is 2.68. The summed E-state index contributed by atoms with van der Waals surface area (Å²) in [5.41, 5.74) is 0.736. The topological polar surface area (TPSA) is 68.3 Å². The van der Waals surface area contributed by atoms with Crippen LogP contribution in [-0.2, 0) is 9.53 Å². The zero-order chi connectivity index (χ0) is 15.2. The van der Waals surface area contributed by atoms with Crippen molar-refractivity contribution in [1.82, 2.24) is 4.98 Å². The Morgan fingerprint density at radius 1 is 1.14 bits per heavy atom. The lowest BCUT2D eigenvalue weighted by Gasteiger charge is -2.13. The Morgan fingerprint density at radius 3 is 2.38 bits per heavy atom. The van der Waals surface area contributed by atoms with Crippen molar-refractivity contribution in [2.45, 2.75) is 13.0 Å².